The van der Waals surface area contributed by atoms with Gasteiger partial charge in [0, 0.05) is 11.1 Å². The summed E-state index contributed by atoms with van der Waals surface area (Å²) in [7, 11) is 0. The van der Waals surface area contributed by atoms with Crippen LogP contribution in [0.25, 0.3) is 0 Å². The van der Waals surface area contributed by atoms with Crippen LogP contribution in [0.3, 0.4) is 0 Å². The minimum Gasteiger partial charge on any atom is -0.342 e. The highest BCUT2D eigenvalue weighted by Crippen LogP contribution is 2.18. The highest BCUT2D eigenvalue weighted by molar-refractivity contribution is 7.09. The Hall–Kier alpha value is -1.43. The SMILES string of the molecule is CCC(C)C1NC(=O)CN(Cc2nc(C)cs2)C1=O. The van der Waals surface area contributed by atoms with Crippen LogP contribution in [0.15, 0.2) is 5.38 Å². The van der Waals surface area contributed by atoms with E-state index in [0.717, 1.165) is 17.1 Å². The van der Waals surface area contributed by atoms with Gasteiger partial charge in [-0.1, -0.05) is 20.3 Å². The van der Waals surface area contributed by atoms with Crippen molar-refractivity contribution in [2.75, 3.05) is 6.54 Å². The monoisotopic (exact) mass is 281 g/mol. The molecule has 0 spiro atoms. The van der Waals surface area contributed by atoms with E-state index in [9.17, 15) is 9.59 Å². The van der Waals surface area contributed by atoms with Crippen LogP contribution in [0.2, 0.25) is 0 Å². The summed E-state index contributed by atoms with van der Waals surface area (Å²) >= 11 is 1.53. The van der Waals surface area contributed by atoms with Crippen molar-refractivity contribution in [2.24, 2.45) is 5.92 Å². The third-order valence-electron chi connectivity index (χ3n) is 3.43. The summed E-state index contributed by atoms with van der Waals surface area (Å²) in [6.07, 6.45) is 0.862. The average molecular weight is 281 g/mol. The molecule has 1 fully saturated rings. The first-order chi connectivity index (χ1) is 9.01. The average Bonchev–Trinajstić information content (AvgIpc) is 2.78. The maximum atomic E-state index is 12.4. The first-order valence-corrected chi connectivity index (χ1v) is 7.38. The molecule has 2 amide bonds. The normalized spacial score (nSPS) is 21.4. The predicted octanol–water partition coefficient (Wildman–Crippen LogP) is 1.32. The molecule has 1 aromatic rings. The number of hydrogen-bond donors (Lipinski definition) is 1. The molecule has 2 unspecified atom stereocenters. The lowest BCUT2D eigenvalue weighted by Crippen LogP contribution is -2.59. The van der Waals surface area contributed by atoms with Gasteiger partial charge in [-0.05, 0) is 12.8 Å². The van der Waals surface area contributed by atoms with Gasteiger partial charge >= 0.3 is 0 Å². The van der Waals surface area contributed by atoms with E-state index in [4.69, 9.17) is 0 Å². The molecule has 5 nitrogen and oxygen atoms in total. The molecule has 1 aliphatic rings. The lowest BCUT2D eigenvalue weighted by atomic mass is 9.96. The van der Waals surface area contributed by atoms with Crippen molar-refractivity contribution in [3.63, 3.8) is 0 Å². The fraction of sp³-hybridized carbons (Fsp3) is 0.615. The van der Waals surface area contributed by atoms with Crippen molar-refractivity contribution in [1.29, 1.82) is 0 Å². The molecule has 104 valence electrons. The number of piperazine rings is 1. The first-order valence-electron chi connectivity index (χ1n) is 6.50. The third kappa shape index (κ3) is 3.12. The molecule has 2 atom stereocenters. The van der Waals surface area contributed by atoms with Gasteiger partial charge in [0.2, 0.25) is 11.8 Å². The highest BCUT2D eigenvalue weighted by Gasteiger charge is 2.35. The van der Waals surface area contributed by atoms with E-state index in [-0.39, 0.29) is 24.3 Å². The lowest BCUT2D eigenvalue weighted by molar-refractivity contribution is -0.146. The van der Waals surface area contributed by atoms with Crippen LogP contribution in [0.5, 0.6) is 0 Å². The Balaban J connectivity index is 2.11. The largest absolute Gasteiger partial charge is 0.342 e. The second-order valence-electron chi connectivity index (χ2n) is 5.01. The van der Waals surface area contributed by atoms with Crippen molar-refractivity contribution in [1.82, 2.24) is 15.2 Å². The zero-order chi connectivity index (χ0) is 14.0. The molecule has 6 heteroatoms. The number of amides is 2. The molecule has 1 aromatic heterocycles. The molecule has 0 aliphatic carbocycles. The maximum Gasteiger partial charge on any atom is 0.246 e. The molecule has 0 bridgehead atoms. The van der Waals surface area contributed by atoms with E-state index in [1.165, 1.54) is 11.3 Å². The summed E-state index contributed by atoms with van der Waals surface area (Å²) in [5.74, 6) is 0.0669. The highest BCUT2D eigenvalue weighted by atomic mass is 32.1. The number of hydrogen-bond acceptors (Lipinski definition) is 4. The number of carbonyl (C=O) groups excluding carboxylic acids is 2. The molecule has 1 saturated heterocycles. The molecular formula is C13H19N3O2S. The molecule has 2 rings (SSSR count). The summed E-state index contributed by atoms with van der Waals surface area (Å²) in [6, 6.07) is -0.396. The Morgan fingerprint density at radius 1 is 1.58 bits per heavy atom. The molecule has 0 radical (unpaired) electrons. The molecule has 0 aromatic carbocycles. The minimum absolute atomic E-state index is 0.00167. The van der Waals surface area contributed by atoms with Crippen LogP contribution < -0.4 is 5.32 Å². The molecule has 2 heterocycles. The second-order valence-corrected chi connectivity index (χ2v) is 5.95. The van der Waals surface area contributed by atoms with E-state index in [1.807, 2.05) is 26.2 Å². The molecule has 1 N–H and O–H groups in total. The fourth-order valence-corrected chi connectivity index (χ4v) is 2.91. The van der Waals surface area contributed by atoms with Gasteiger partial charge in [0.05, 0.1) is 6.54 Å². The van der Waals surface area contributed by atoms with E-state index in [0.29, 0.717) is 6.54 Å². The fourth-order valence-electron chi connectivity index (χ4n) is 2.12. The zero-order valence-electron chi connectivity index (χ0n) is 11.5. The van der Waals surface area contributed by atoms with Crippen LogP contribution in [-0.4, -0.2) is 34.3 Å². The van der Waals surface area contributed by atoms with Gasteiger partial charge in [-0.2, -0.15) is 0 Å². The summed E-state index contributed by atoms with van der Waals surface area (Å²) in [6.45, 7) is 6.49. The summed E-state index contributed by atoms with van der Waals surface area (Å²) < 4.78 is 0. The zero-order valence-corrected chi connectivity index (χ0v) is 12.3. The first kappa shape index (κ1) is 14.0. The van der Waals surface area contributed by atoms with E-state index in [2.05, 4.69) is 10.3 Å². The Morgan fingerprint density at radius 2 is 2.32 bits per heavy atom. The van der Waals surface area contributed by atoms with Gasteiger partial charge in [0.1, 0.15) is 17.6 Å². The minimum atomic E-state index is -0.396. The topological polar surface area (TPSA) is 62.3 Å². The van der Waals surface area contributed by atoms with Crippen molar-refractivity contribution in [2.45, 2.75) is 39.8 Å². The van der Waals surface area contributed by atoms with Crippen LogP contribution in [0.4, 0.5) is 0 Å². The number of aromatic nitrogens is 1. The Kier molecular flexibility index (Phi) is 4.19. The van der Waals surface area contributed by atoms with Crippen molar-refractivity contribution in [3.8, 4) is 0 Å². The van der Waals surface area contributed by atoms with E-state index in [1.54, 1.807) is 4.90 Å². The third-order valence-corrected chi connectivity index (χ3v) is 4.39. The van der Waals surface area contributed by atoms with Gasteiger partial charge in [0.25, 0.3) is 0 Å². The van der Waals surface area contributed by atoms with Crippen molar-refractivity contribution in [3.05, 3.63) is 16.1 Å². The number of nitrogens with one attached hydrogen (secondary N) is 1. The van der Waals surface area contributed by atoms with Crippen LogP contribution in [0, 0.1) is 12.8 Å². The number of nitrogens with zero attached hydrogens (tertiary/aromatic N) is 2. The summed E-state index contributed by atoms with van der Waals surface area (Å²) in [5, 5.41) is 5.62. The quantitative estimate of drug-likeness (QED) is 0.905. The second kappa shape index (κ2) is 5.69. The van der Waals surface area contributed by atoms with Crippen LogP contribution in [0.1, 0.15) is 31.0 Å². The predicted molar refractivity (Wildman–Crippen MR) is 73.7 cm³/mol. The van der Waals surface area contributed by atoms with Crippen molar-refractivity contribution >= 4 is 23.2 Å². The summed E-state index contributed by atoms with van der Waals surface area (Å²) in [4.78, 5) is 30.0. The van der Waals surface area contributed by atoms with Gasteiger partial charge < -0.3 is 10.2 Å². The Bertz CT molecular complexity index is 486. The number of carbonyl (C=O) groups is 2. The van der Waals surface area contributed by atoms with Crippen molar-refractivity contribution < 1.29 is 9.59 Å². The van der Waals surface area contributed by atoms with Gasteiger partial charge in [-0.3, -0.25) is 9.59 Å². The number of thiazole rings is 1. The number of rotatable bonds is 4. The smallest absolute Gasteiger partial charge is 0.246 e. The maximum absolute atomic E-state index is 12.4. The molecular weight excluding hydrogens is 262 g/mol. The van der Waals surface area contributed by atoms with Crippen LogP contribution >= 0.6 is 11.3 Å². The standard InChI is InChI=1S/C13H19N3O2S/c1-4-8(2)12-13(18)16(5-10(17)15-12)6-11-14-9(3)7-19-11/h7-8,12H,4-6H2,1-3H3,(H,15,17). The molecule has 19 heavy (non-hydrogen) atoms. The molecule has 0 saturated carbocycles. The summed E-state index contributed by atoms with van der Waals surface area (Å²) in [5.41, 5.74) is 0.951. The molecule has 1 aliphatic heterocycles. The van der Waals surface area contributed by atoms with Gasteiger partial charge in [-0.25, -0.2) is 4.98 Å². The number of aryl methyl sites for hydroxylation is 1. The lowest BCUT2D eigenvalue weighted by Gasteiger charge is -2.34. The van der Waals surface area contributed by atoms with Gasteiger partial charge in [0.15, 0.2) is 0 Å². The Morgan fingerprint density at radius 3 is 2.89 bits per heavy atom. The van der Waals surface area contributed by atoms with E-state index < -0.39 is 6.04 Å². The Labute approximate surface area is 117 Å². The van der Waals surface area contributed by atoms with Gasteiger partial charge in [-0.15, -0.1) is 11.3 Å². The van der Waals surface area contributed by atoms with E-state index >= 15 is 0 Å². The van der Waals surface area contributed by atoms with Crippen LogP contribution in [-0.2, 0) is 16.1 Å².